The van der Waals surface area contributed by atoms with Crippen molar-refractivity contribution in [2.45, 2.75) is 69.5 Å². The molecule has 0 amide bonds. The van der Waals surface area contributed by atoms with E-state index in [0.29, 0.717) is 17.9 Å². The van der Waals surface area contributed by atoms with Crippen molar-refractivity contribution in [1.29, 1.82) is 0 Å². The molecule has 1 aliphatic heterocycles. The van der Waals surface area contributed by atoms with E-state index in [0.717, 1.165) is 12.8 Å². The number of hydrogen-bond acceptors (Lipinski definition) is 6. The lowest BCUT2D eigenvalue weighted by Crippen LogP contribution is -2.55. The maximum absolute atomic E-state index is 10.3. The summed E-state index contributed by atoms with van der Waals surface area (Å²) >= 11 is 0. The molecule has 0 radical (unpaired) electrons. The molecule has 1 heterocycles. The van der Waals surface area contributed by atoms with Crippen LogP contribution in [0.4, 0.5) is 0 Å². The first-order valence-corrected chi connectivity index (χ1v) is 9.12. The molecule has 0 aliphatic carbocycles. The molecule has 0 spiro atoms. The van der Waals surface area contributed by atoms with E-state index in [1.165, 1.54) is 19.3 Å². The first-order chi connectivity index (χ1) is 12.1. The Kier molecular flexibility index (Phi) is 8.12. The van der Waals surface area contributed by atoms with Crippen LogP contribution in [0.15, 0.2) is 24.3 Å². The number of para-hydroxylation sites is 1. The summed E-state index contributed by atoms with van der Waals surface area (Å²) in [6.07, 6.45) is -0.180. The molecule has 0 saturated carbocycles. The van der Waals surface area contributed by atoms with Crippen LogP contribution in [0.1, 0.15) is 50.7 Å². The van der Waals surface area contributed by atoms with Crippen LogP contribution in [0, 0.1) is 0 Å². The Hall–Kier alpha value is -1.18. The van der Waals surface area contributed by atoms with Crippen molar-refractivity contribution in [2.75, 3.05) is 13.2 Å². The second-order valence-electron chi connectivity index (χ2n) is 6.55. The average Bonchev–Trinajstić information content (AvgIpc) is 2.63. The van der Waals surface area contributed by atoms with Gasteiger partial charge in [-0.3, -0.25) is 0 Å². The Bertz CT molecular complexity index is 506. The van der Waals surface area contributed by atoms with Gasteiger partial charge in [0.05, 0.1) is 13.2 Å². The minimum atomic E-state index is -1.39. The SMILES string of the molecule is CCCCCCCOc1ccccc1C1O[C@H](CO)[C@@H](O)[C@H](O)[C@@H]1O. The number of rotatable bonds is 9. The molecule has 1 unspecified atom stereocenters. The number of aliphatic hydroxyl groups excluding tert-OH is 4. The maximum Gasteiger partial charge on any atom is 0.125 e. The minimum absolute atomic E-state index is 0.443. The third kappa shape index (κ3) is 5.15. The highest BCUT2D eigenvalue weighted by molar-refractivity contribution is 5.36. The van der Waals surface area contributed by atoms with Crippen LogP contribution in [0.5, 0.6) is 5.75 Å². The summed E-state index contributed by atoms with van der Waals surface area (Å²) in [6.45, 7) is 2.30. The summed E-state index contributed by atoms with van der Waals surface area (Å²) < 4.78 is 11.5. The Morgan fingerprint density at radius 2 is 1.68 bits per heavy atom. The van der Waals surface area contributed by atoms with Crippen LogP contribution in [0.2, 0.25) is 0 Å². The molecule has 142 valence electrons. The fourth-order valence-corrected chi connectivity index (χ4v) is 3.09. The van der Waals surface area contributed by atoms with E-state index in [9.17, 15) is 20.4 Å². The zero-order chi connectivity index (χ0) is 18.2. The molecule has 0 aromatic heterocycles. The molecular weight excluding hydrogens is 324 g/mol. The smallest absolute Gasteiger partial charge is 0.125 e. The third-order valence-electron chi connectivity index (χ3n) is 4.62. The zero-order valence-electron chi connectivity index (χ0n) is 14.8. The highest BCUT2D eigenvalue weighted by atomic mass is 16.5. The Balaban J connectivity index is 2.03. The van der Waals surface area contributed by atoms with Crippen molar-refractivity contribution >= 4 is 0 Å². The lowest BCUT2D eigenvalue weighted by atomic mass is 9.91. The molecule has 25 heavy (non-hydrogen) atoms. The third-order valence-corrected chi connectivity index (χ3v) is 4.62. The molecule has 1 aromatic carbocycles. The lowest BCUT2D eigenvalue weighted by molar-refractivity contribution is -0.232. The summed E-state index contributed by atoms with van der Waals surface area (Å²) in [7, 11) is 0. The summed E-state index contributed by atoms with van der Waals surface area (Å²) in [4.78, 5) is 0. The van der Waals surface area contributed by atoms with Crippen molar-refractivity contribution < 1.29 is 29.9 Å². The van der Waals surface area contributed by atoms with Crippen molar-refractivity contribution in [3.05, 3.63) is 29.8 Å². The van der Waals surface area contributed by atoms with Crippen molar-refractivity contribution in [1.82, 2.24) is 0 Å². The number of ether oxygens (including phenoxy) is 2. The Morgan fingerprint density at radius 1 is 0.960 bits per heavy atom. The van der Waals surface area contributed by atoms with Gasteiger partial charge in [0, 0.05) is 5.56 Å². The summed E-state index contributed by atoms with van der Waals surface area (Å²) in [6, 6.07) is 7.19. The molecular formula is C19H30O6. The maximum atomic E-state index is 10.3. The van der Waals surface area contributed by atoms with Gasteiger partial charge >= 0.3 is 0 Å². The van der Waals surface area contributed by atoms with E-state index >= 15 is 0 Å². The van der Waals surface area contributed by atoms with Crippen molar-refractivity contribution in [3.63, 3.8) is 0 Å². The highest BCUT2D eigenvalue weighted by Gasteiger charge is 2.44. The first kappa shape index (κ1) is 20.1. The molecule has 4 N–H and O–H groups in total. The lowest BCUT2D eigenvalue weighted by Gasteiger charge is -2.40. The van der Waals surface area contributed by atoms with Crippen LogP contribution >= 0.6 is 0 Å². The zero-order valence-corrected chi connectivity index (χ0v) is 14.8. The quantitative estimate of drug-likeness (QED) is 0.502. The van der Waals surface area contributed by atoms with E-state index in [2.05, 4.69) is 6.92 Å². The van der Waals surface area contributed by atoms with Gasteiger partial charge in [-0.15, -0.1) is 0 Å². The molecule has 6 heteroatoms. The van der Waals surface area contributed by atoms with Gasteiger partial charge in [-0.2, -0.15) is 0 Å². The van der Waals surface area contributed by atoms with Gasteiger partial charge in [0.1, 0.15) is 36.3 Å². The molecule has 1 fully saturated rings. The second-order valence-corrected chi connectivity index (χ2v) is 6.55. The number of hydrogen-bond donors (Lipinski definition) is 4. The van der Waals surface area contributed by atoms with Crippen LogP contribution in [0.3, 0.4) is 0 Å². The van der Waals surface area contributed by atoms with Gasteiger partial charge in [0.2, 0.25) is 0 Å². The van der Waals surface area contributed by atoms with Crippen LogP contribution in [-0.4, -0.2) is 58.1 Å². The molecule has 1 aromatic rings. The summed E-state index contributed by atoms with van der Waals surface area (Å²) in [5, 5.41) is 39.5. The van der Waals surface area contributed by atoms with Crippen molar-refractivity contribution in [3.8, 4) is 5.75 Å². The van der Waals surface area contributed by atoms with Gasteiger partial charge in [0.15, 0.2) is 0 Å². The van der Waals surface area contributed by atoms with Crippen LogP contribution < -0.4 is 4.74 Å². The van der Waals surface area contributed by atoms with E-state index in [-0.39, 0.29) is 0 Å². The molecule has 1 aliphatic rings. The van der Waals surface area contributed by atoms with E-state index in [1.807, 2.05) is 6.07 Å². The molecule has 2 rings (SSSR count). The van der Waals surface area contributed by atoms with Gasteiger partial charge < -0.3 is 29.9 Å². The number of aliphatic hydroxyl groups is 4. The second kappa shape index (κ2) is 10.1. The summed E-state index contributed by atoms with van der Waals surface area (Å²) in [5.41, 5.74) is 0.605. The van der Waals surface area contributed by atoms with Crippen LogP contribution in [-0.2, 0) is 4.74 Å². The summed E-state index contributed by atoms with van der Waals surface area (Å²) in [5.74, 6) is 0.585. The standard InChI is InChI=1S/C19H30O6/c1-2-3-4-5-8-11-24-14-10-7-6-9-13(14)19-18(23)17(22)16(21)15(12-20)25-19/h6-7,9-10,15-23H,2-5,8,11-12H2,1H3/t15-,16-,17+,18+,19?/m1/s1. The van der Waals surface area contributed by atoms with Crippen molar-refractivity contribution in [2.24, 2.45) is 0 Å². The fourth-order valence-electron chi connectivity index (χ4n) is 3.09. The normalized spacial score (nSPS) is 29.6. The van der Waals surface area contributed by atoms with Gasteiger partial charge in [-0.1, -0.05) is 50.8 Å². The highest BCUT2D eigenvalue weighted by Crippen LogP contribution is 2.36. The van der Waals surface area contributed by atoms with E-state index in [1.54, 1.807) is 18.2 Å². The van der Waals surface area contributed by atoms with Gasteiger partial charge in [-0.25, -0.2) is 0 Å². The molecule has 0 bridgehead atoms. The number of benzene rings is 1. The van der Waals surface area contributed by atoms with Gasteiger partial charge in [-0.05, 0) is 12.5 Å². The fraction of sp³-hybridized carbons (Fsp3) is 0.684. The largest absolute Gasteiger partial charge is 0.493 e. The molecule has 1 saturated heterocycles. The Labute approximate surface area is 149 Å². The average molecular weight is 354 g/mol. The predicted octanol–water partition coefficient (Wildman–Crippen LogP) is 1.55. The van der Waals surface area contributed by atoms with Crippen LogP contribution in [0.25, 0.3) is 0 Å². The molecule has 6 nitrogen and oxygen atoms in total. The minimum Gasteiger partial charge on any atom is -0.493 e. The van der Waals surface area contributed by atoms with E-state index in [4.69, 9.17) is 9.47 Å². The number of unbranched alkanes of at least 4 members (excludes halogenated alkanes) is 4. The topological polar surface area (TPSA) is 99.4 Å². The monoisotopic (exact) mass is 354 g/mol. The van der Waals surface area contributed by atoms with Gasteiger partial charge in [0.25, 0.3) is 0 Å². The Morgan fingerprint density at radius 3 is 2.40 bits per heavy atom. The predicted molar refractivity (Wildman–Crippen MR) is 93.4 cm³/mol. The molecule has 5 atom stereocenters. The van der Waals surface area contributed by atoms with E-state index < -0.39 is 37.1 Å². The first-order valence-electron chi connectivity index (χ1n) is 9.12.